The fourth-order valence-corrected chi connectivity index (χ4v) is 3.10. The molecule has 1 aromatic heterocycles. The van der Waals surface area contributed by atoms with E-state index in [1.54, 1.807) is 0 Å². The van der Waals surface area contributed by atoms with Crippen LogP contribution in [0.3, 0.4) is 0 Å². The van der Waals surface area contributed by atoms with Crippen LogP contribution >= 0.6 is 0 Å². The van der Waals surface area contributed by atoms with E-state index in [9.17, 15) is 0 Å². The first-order chi connectivity index (χ1) is 12.3. The maximum Gasteiger partial charge on any atom is 0.0730 e. The predicted octanol–water partition coefficient (Wildman–Crippen LogP) is 5.59. The summed E-state index contributed by atoms with van der Waals surface area (Å²) in [6, 6.07) is 25.1. The fraction of sp³-hybridized carbons (Fsp3) is 0.136. The molecule has 0 spiro atoms. The van der Waals surface area contributed by atoms with Gasteiger partial charge in [0.25, 0.3) is 0 Å². The third-order valence-electron chi connectivity index (χ3n) is 4.64. The normalized spacial score (nSPS) is 11.0. The average Bonchev–Trinajstić information content (AvgIpc) is 2.67. The summed E-state index contributed by atoms with van der Waals surface area (Å²) >= 11 is 0. The van der Waals surface area contributed by atoms with Gasteiger partial charge in [0, 0.05) is 35.7 Å². The lowest BCUT2D eigenvalue weighted by molar-refractivity contribution is 0.968. The van der Waals surface area contributed by atoms with E-state index < -0.39 is 0 Å². The molecule has 0 unspecified atom stereocenters. The van der Waals surface area contributed by atoms with Crippen molar-refractivity contribution in [3.05, 3.63) is 72.8 Å². The Kier molecular flexibility index (Phi) is 3.98. The van der Waals surface area contributed by atoms with Crippen LogP contribution < -0.4 is 10.2 Å². The highest BCUT2D eigenvalue weighted by molar-refractivity contribution is 6.08. The van der Waals surface area contributed by atoms with E-state index in [4.69, 9.17) is 4.98 Å². The van der Waals surface area contributed by atoms with Crippen molar-refractivity contribution in [1.29, 1.82) is 0 Å². The van der Waals surface area contributed by atoms with Gasteiger partial charge in [0.2, 0.25) is 0 Å². The Bertz CT molecular complexity index is 968. The van der Waals surface area contributed by atoms with Gasteiger partial charge in [0.15, 0.2) is 0 Å². The summed E-state index contributed by atoms with van der Waals surface area (Å²) in [4.78, 5) is 7.00. The molecular weight excluding hydrogens is 306 g/mol. The van der Waals surface area contributed by atoms with Crippen LogP contribution in [-0.4, -0.2) is 18.6 Å². The van der Waals surface area contributed by atoms with Gasteiger partial charge >= 0.3 is 0 Å². The van der Waals surface area contributed by atoms with Crippen molar-refractivity contribution >= 4 is 38.9 Å². The molecule has 1 heterocycles. The Morgan fingerprint density at radius 2 is 1.36 bits per heavy atom. The summed E-state index contributed by atoms with van der Waals surface area (Å²) in [6.07, 6.45) is 0. The molecule has 3 aromatic carbocycles. The van der Waals surface area contributed by atoms with E-state index in [1.807, 2.05) is 12.1 Å². The monoisotopic (exact) mass is 327 g/mol. The Morgan fingerprint density at radius 3 is 1.92 bits per heavy atom. The number of aromatic nitrogens is 1. The zero-order chi connectivity index (χ0) is 17.2. The van der Waals surface area contributed by atoms with Gasteiger partial charge in [-0.1, -0.05) is 36.4 Å². The Labute approximate surface area is 147 Å². The van der Waals surface area contributed by atoms with Gasteiger partial charge < -0.3 is 10.2 Å². The van der Waals surface area contributed by atoms with Gasteiger partial charge in [-0.25, -0.2) is 4.98 Å². The lowest BCUT2D eigenvalue weighted by Gasteiger charge is -2.18. The number of pyridine rings is 1. The standard InChI is InChI=1S/C22H21N3/c1-3-25(2)17-14-12-16(13-15-17)23-22-18-8-4-6-10-20(18)24-21-11-7-5-9-19(21)22/h4-15H,3H2,1-2H3,(H,23,24). The second kappa shape index (κ2) is 6.44. The molecule has 0 saturated heterocycles. The zero-order valence-electron chi connectivity index (χ0n) is 14.5. The van der Waals surface area contributed by atoms with Gasteiger partial charge in [-0.2, -0.15) is 0 Å². The smallest absolute Gasteiger partial charge is 0.0730 e. The van der Waals surface area contributed by atoms with Crippen LogP contribution in [0.15, 0.2) is 72.8 Å². The van der Waals surface area contributed by atoms with Gasteiger partial charge in [-0.3, -0.25) is 0 Å². The summed E-state index contributed by atoms with van der Waals surface area (Å²) in [6.45, 7) is 3.15. The fourth-order valence-electron chi connectivity index (χ4n) is 3.10. The SMILES string of the molecule is CCN(C)c1ccc(Nc2c3ccccc3nc3ccccc23)cc1. The molecule has 0 aliphatic rings. The van der Waals surface area contributed by atoms with Crippen LogP contribution in [0.2, 0.25) is 0 Å². The topological polar surface area (TPSA) is 28.2 Å². The van der Waals surface area contributed by atoms with Crippen LogP contribution in [0.5, 0.6) is 0 Å². The van der Waals surface area contributed by atoms with E-state index in [2.05, 4.69) is 84.9 Å². The van der Waals surface area contributed by atoms with E-state index in [0.717, 1.165) is 39.7 Å². The maximum absolute atomic E-state index is 4.78. The van der Waals surface area contributed by atoms with Crippen LogP contribution in [0.1, 0.15) is 6.92 Å². The summed E-state index contributed by atoms with van der Waals surface area (Å²) in [5.74, 6) is 0. The predicted molar refractivity (Wildman–Crippen MR) is 108 cm³/mol. The van der Waals surface area contributed by atoms with Crippen molar-refractivity contribution in [2.24, 2.45) is 0 Å². The second-order valence-corrected chi connectivity index (χ2v) is 6.21. The minimum absolute atomic E-state index is 0.992. The number of benzene rings is 3. The molecule has 0 aliphatic heterocycles. The molecule has 0 atom stereocenters. The maximum atomic E-state index is 4.78. The summed E-state index contributed by atoms with van der Waals surface area (Å²) in [5, 5.41) is 5.89. The second-order valence-electron chi connectivity index (χ2n) is 6.21. The third kappa shape index (κ3) is 2.89. The molecule has 0 radical (unpaired) electrons. The minimum Gasteiger partial charge on any atom is -0.375 e. The molecule has 124 valence electrons. The van der Waals surface area contributed by atoms with Crippen molar-refractivity contribution in [2.45, 2.75) is 6.92 Å². The Morgan fingerprint density at radius 1 is 0.800 bits per heavy atom. The van der Waals surface area contributed by atoms with Crippen molar-refractivity contribution in [1.82, 2.24) is 4.98 Å². The molecule has 3 heteroatoms. The van der Waals surface area contributed by atoms with Crippen LogP contribution in [0, 0.1) is 0 Å². The summed E-state index contributed by atoms with van der Waals surface area (Å²) < 4.78 is 0. The third-order valence-corrected chi connectivity index (χ3v) is 4.64. The number of rotatable bonds is 4. The number of hydrogen-bond acceptors (Lipinski definition) is 3. The van der Waals surface area contributed by atoms with Crippen molar-refractivity contribution in [2.75, 3.05) is 23.8 Å². The molecule has 0 fully saturated rings. The van der Waals surface area contributed by atoms with Gasteiger partial charge in [0.05, 0.1) is 16.7 Å². The zero-order valence-corrected chi connectivity index (χ0v) is 14.5. The van der Waals surface area contributed by atoms with Gasteiger partial charge in [-0.05, 0) is 43.3 Å². The van der Waals surface area contributed by atoms with Gasteiger partial charge in [0.1, 0.15) is 0 Å². The highest BCUT2D eigenvalue weighted by Gasteiger charge is 2.09. The van der Waals surface area contributed by atoms with Crippen molar-refractivity contribution < 1.29 is 0 Å². The van der Waals surface area contributed by atoms with E-state index in [0.29, 0.717) is 0 Å². The first kappa shape index (κ1) is 15.5. The van der Waals surface area contributed by atoms with Crippen LogP contribution in [-0.2, 0) is 0 Å². The van der Waals surface area contributed by atoms with Crippen molar-refractivity contribution in [3.63, 3.8) is 0 Å². The molecule has 0 amide bonds. The summed E-state index contributed by atoms with van der Waals surface area (Å²) in [7, 11) is 2.10. The summed E-state index contributed by atoms with van der Waals surface area (Å²) in [5.41, 5.74) is 5.42. The van der Waals surface area contributed by atoms with Gasteiger partial charge in [-0.15, -0.1) is 0 Å². The lowest BCUT2D eigenvalue weighted by atomic mass is 10.1. The van der Waals surface area contributed by atoms with E-state index in [1.165, 1.54) is 5.69 Å². The first-order valence-electron chi connectivity index (χ1n) is 8.62. The number of fused-ring (bicyclic) bond motifs is 2. The number of anilines is 3. The molecule has 0 aliphatic carbocycles. The van der Waals surface area contributed by atoms with Crippen LogP contribution in [0.25, 0.3) is 21.8 Å². The molecule has 1 N–H and O–H groups in total. The molecule has 4 aromatic rings. The molecule has 3 nitrogen and oxygen atoms in total. The van der Waals surface area contributed by atoms with Crippen LogP contribution in [0.4, 0.5) is 17.1 Å². The Hall–Kier alpha value is -3.07. The highest BCUT2D eigenvalue weighted by Crippen LogP contribution is 2.33. The molecule has 0 bridgehead atoms. The molecule has 0 saturated carbocycles. The quantitative estimate of drug-likeness (QED) is 0.495. The van der Waals surface area contributed by atoms with E-state index >= 15 is 0 Å². The average molecular weight is 327 g/mol. The molecule has 4 rings (SSSR count). The first-order valence-corrected chi connectivity index (χ1v) is 8.62. The number of nitrogens with zero attached hydrogens (tertiary/aromatic N) is 2. The molecular formula is C22H21N3. The Balaban J connectivity index is 1.82. The lowest BCUT2D eigenvalue weighted by Crippen LogP contribution is -2.15. The van der Waals surface area contributed by atoms with Crippen molar-refractivity contribution in [3.8, 4) is 0 Å². The number of nitrogens with one attached hydrogen (secondary N) is 1. The van der Waals surface area contributed by atoms with E-state index in [-0.39, 0.29) is 0 Å². The number of para-hydroxylation sites is 2. The minimum atomic E-state index is 0.992. The number of hydrogen-bond donors (Lipinski definition) is 1. The molecule has 25 heavy (non-hydrogen) atoms. The largest absolute Gasteiger partial charge is 0.375 e. The highest BCUT2D eigenvalue weighted by atomic mass is 15.1.